The zero-order chi connectivity index (χ0) is 23.4. The number of carbonyl (C=O) groups is 2. The van der Waals surface area contributed by atoms with Gasteiger partial charge in [-0.1, -0.05) is 6.07 Å². The summed E-state index contributed by atoms with van der Waals surface area (Å²) >= 11 is 0. The van der Waals surface area contributed by atoms with Crippen molar-refractivity contribution in [2.24, 2.45) is 0 Å². The number of anilines is 2. The lowest BCUT2D eigenvalue weighted by atomic mass is 10.1. The van der Waals surface area contributed by atoms with Crippen LogP contribution in [0.25, 0.3) is 0 Å². The van der Waals surface area contributed by atoms with E-state index in [1.165, 1.54) is 17.5 Å². The van der Waals surface area contributed by atoms with Crippen molar-refractivity contribution in [1.82, 2.24) is 9.62 Å². The molecule has 0 spiro atoms. The van der Waals surface area contributed by atoms with Crippen molar-refractivity contribution in [2.75, 3.05) is 56.7 Å². The maximum atomic E-state index is 13.1. The predicted molar refractivity (Wildman–Crippen MR) is 122 cm³/mol. The van der Waals surface area contributed by atoms with Gasteiger partial charge in [0.2, 0.25) is 15.9 Å². The fourth-order valence-electron chi connectivity index (χ4n) is 3.79. The van der Waals surface area contributed by atoms with Gasteiger partial charge >= 0.3 is 6.03 Å². The number of morpholine rings is 1. The lowest BCUT2D eigenvalue weighted by Crippen LogP contribution is -2.40. The molecule has 0 saturated carbocycles. The highest BCUT2D eigenvalue weighted by Gasteiger charge is 2.29. The number of hydrogen-bond donors (Lipinski definition) is 2. The monoisotopic (exact) mass is 474 g/mol. The van der Waals surface area contributed by atoms with E-state index in [1.54, 1.807) is 41.3 Å². The Bertz CT molecular complexity index is 1130. The van der Waals surface area contributed by atoms with Crippen LogP contribution in [0.1, 0.15) is 5.56 Å². The molecule has 2 heterocycles. The molecule has 2 aliphatic heterocycles. The molecule has 10 nitrogen and oxygen atoms in total. The SMILES string of the molecule is COc1ccc(CC(=O)Nc2ccc(N3CCNC3=O)cc2)cc1S(=O)(=O)N1CCOCC1. The molecule has 176 valence electrons. The smallest absolute Gasteiger partial charge is 0.321 e. The van der Waals surface area contributed by atoms with E-state index in [1.807, 2.05) is 0 Å². The number of sulfonamides is 1. The zero-order valence-corrected chi connectivity index (χ0v) is 19.1. The molecule has 4 rings (SSSR count). The summed E-state index contributed by atoms with van der Waals surface area (Å²) in [6, 6.07) is 11.6. The molecule has 2 aliphatic rings. The number of benzene rings is 2. The first-order valence-corrected chi connectivity index (χ1v) is 12.0. The van der Waals surface area contributed by atoms with Crippen LogP contribution in [-0.2, 0) is 26.0 Å². The summed E-state index contributed by atoms with van der Waals surface area (Å²) in [4.78, 5) is 26.0. The van der Waals surface area contributed by atoms with E-state index in [0.717, 1.165) is 5.69 Å². The second-order valence-electron chi connectivity index (χ2n) is 7.66. The Morgan fingerprint density at radius 2 is 1.85 bits per heavy atom. The molecule has 0 radical (unpaired) electrons. The molecule has 11 heteroatoms. The Morgan fingerprint density at radius 1 is 1.12 bits per heavy atom. The van der Waals surface area contributed by atoms with E-state index < -0.39 is 10.0 Å². The van der Waals surface area contributed by atoms with Gasteiger partial charge in [-0.2, -0.15) is 4.31 Å². The highest BCUT2D eigenvalue weighted by molar-refractivity contribution is 7.89. The van der Waals surface area contributed by atoms with Gasteiger partial charge in [0, 0.05) is 37.6 Å². The Kier molecular flexibility index (Phi) is 6.82. The van der Waals surface area contributed by atoms with Gasteiger partial charge in [-0.15, -0.1) is 0 Å². The first-order chi connectivity index (χ1) is 15.9. The van der Waals surface area contributed by atoms with E-state index in [-0.39, 0.29) is 42.1 Å². The minimum atomic E-state index is -3.78. The molecule has 0 bridgehead atoms. The van der Waals surface area contributed by atoms with Crippen LogP contribution < -0.4 is 20.3 Å². The first kappa shape index (κ1) is 23.0. The summed E-state index contributed by atoms with van der Waals surface area (Å²) in [5.41, 5.74) is 1.87. The maximum absolute atomic E-state index is 13.1. The number of methoxy groups -OCH3 is 1. The van der Waals surface area contributed by atoms with Gasteiger partial charge < -0.3 is 20.1 Å². The van der Waals surface area contributed by atoms with Crippen molar-refractivity contribution >= 4 is 33.3 Å². The number of nitrogens with one attached hydrogen (secondary N) is 2. The van der Waals surface area contributed by atoms with E-state index in [4.69, 9.17) is 9.47 Å². The van der Waals surface area contributed by atoms with Crippen LogP contribution in [0, 0.1) is 0 Å². The van der Waals surface area contributed by atoms with Crippen molar-refractivity contribution in [3.05, 3.63) is 48.0 Å². The highest BCUT2D eigenvalue weighted by atomic mass is 32.2. The average Bonchev–Trinajstić information content (AvgIpc) is 3.26. The molecule has 2 fully saturated rings. The molecular weight excluding hydrogens is 448 g/mol. The Morgan fingerprint density at radius 3 is 2.48 bits per heavy atom. The minimum absolute atomic E-state index is 0.00803. The molecule has 33 heavy (non-hydrogen) atoms. The zero-order valence-electron chi connectivity index (χ0n) is 18.2. The summed E-state index contributed by atoms with van der Waals surface area (Å²) < 4.78 is 38.1. The third-order valence-electron chi connectivity index (χ3n) is 5.50. The lowest BCUT2D eigenvalue weighted by Gasteiger charge is -2.26. The van der Waals surface area contributed by atoms with Crippen LogP contribution >= 0.6 is 0 Å². The molecule has 2 N–H and O–H groups in total. The number of carbonyl (C=O) groups excluding carboxylic acids is 2. The predicted octanol–water partition coefficient (Wildman–Crippen LogP) is 1.43. The summed E-state index contributed by atoms with van der Waals surface area (Å²) in [5.74, 6) is -0.0614. The molecule has 2 aromatic carbocycles. The van der Waals surface area contributed by atoms with E-state index >= 15 is 0 Å². The maximum Gasteiger partial charge on any atom is 0.321 e. The third kappa shape index (κ3) is 5.10. The topological polar surface area (TPSA) is 117 Å². The van der Waals surface area contributed by atoms with Gasteiger partial charge in [-0.3, -0.25) is 9.69 Å². The Hall–Kier alpha value is -3.15. The van der Waals surface area contributed by atoms with E-state index in [9.17, 15) is 18.0 Å². The first-order valence-electron chi connectivity index (χ1n) is 10.6. The van der Waals surface area contributed by atoms with Crippen molar-refractivity contribution < 1.29 is 27.5 Å². The van der Waals surface area contributed by atoms with Crippen molar-refractivity contribution in [2.45, 2.75) is 11.3 Å². The molecule has 0 unspecified atom stereocenters. The highest BCUT2D eigenvalue weighted by Crippen LogP contribution is 2.29. The molecule has 2 aromatic rings. The van der Waals surface area contributed by atoms with Gasteiger partial charge in [0.25, 0.3) is 0 Å². The number of amides is 3. The van der Waals surface area contributed by atoms with Crippen LogP contribution in [0.5, 0.6) is 5.75 Å². The van der Waals surface area contributed by atoms with Crippen LogP contribution in [0.2, 0.25) is 0 Å². The van der Waals surface area contributed by atoms with Crippen LogP contribution in [0.15, 0.2) is 47.4 Å². The van der Waals surface area contributed by atoms with Crippen molar-refractivity contribution in [1.29, 1.82) is 0 Å². The average molecular weight is 475 g/mol. The van der Waals surface area contributed by atoms with Gasteiger partial charge in [0.05, 0.1) is 26.7 Å². The summed E-state index contributed by atoms with van der Waals surface area (Å²) in [6.45, 7) is 2.41. The standard InChI is InChI=1S/C22H26N4O6S/c1-31-19-7-2-16(14-20(19)33(29,30)25-10-12-32-13-11-25)15-21(27)24-17-3-5-18(6-4-17)26-9-8-23-22(26)28/h2-7,14H,8-13,15H2,1H3,(H,23,28)(H,24,27). The Balaban J connectivity index is 1.46. The number of ether oxygens (including phenoxy) is 2. The minimum Gasteiger partial charge on any atom is -0.495 e. The normalized spacial score (nSPS) is 17.0. The van der Waals surface area contributed by atoms with E-state index in [2.05, 4.69) is 10.6 Å². The molecular formula is C22H26N4O6S. The summed E-state index contributed by atoms with van der Waals surface area (Å²) in [7, 11) is -2.37. The summed E-state index contributed by atoms with van der Waals surface area (Å²) in [5, 5.41) is 5.55. The van der Waals surface area contributed by atoms with Crippen LogP contribution in [0.3, 0.4) is 0 Å². The van der Waals surface area contributed by atoms with Gasteiger partial charge in [0.15, 0.2) is 0 Å². The van der Waals surface area contributed by atoms with E-state index in [0.29, 0.717) is 37.6 Å². The quantitative estimate of drug-likeness (QED) is 0.627. The molecule has 2 saturated heterocycles. The fourth-order valence-corrected chi connectivity index (χ4v) is 5.41. The van der Waals surface area contributed by atoms with Gasteiger partial charge in [-0.05, 0) is 42.0 Å². The molecule has 0 atom stereocenters. The number of urea groups is 1. The summed E-state index contributed by atoms with van der Waals surface area (Å²) in [6.07, 6.45) is -0.00803. The second-order valence-corrected chi connectivity index (χ2v) is 9.56. The van der Waals surface area contributed by atoms with Crippen LogP contribution in [-0.4, -0.2) is 71.2 Å². The third-order valence-corrected chi connectivity index (χ3v) is 7.42. The number of hydrogen-bond acceptors (Lipinski definition) is 6. The Labute approximate surface area is 192 Å². The largest absolute Gasteiger partial charge is 0.495 e. The molecule has 0 aliphatic carbocycles. The van der Waals surface area contributed by atoms with Crippen molar-refractivity contribution in [3.8, 4) is 5.75 Å². The van der Waals surface area contributed by atoms with Gasteiger partial charge in [-0.25, -0.2) is 13.2 Å². The van der Waals surface area contributed by atoms with Crippen LogP contribution in [0.4, 0.5) is 16.2 Å². The fraction of sp³-hybridized carbons (Fsp3) is 0.364. The van der Waals surface area contributed by atoms with Gasteiger partial charge in [0.1, 0.15) is 10.6 Å². The number of rotatable bonds is 7. The molecule has 0 aromatic heterocycles. The second kappa shape index (κ2) is 9.77. The van der Waals surface area contributed by atoms with Crippen molar-refractivity contribution in [3.63, 3.8) is 0 Å². The lowest BCUT2D eigenvalue weighted by molar-refractivity contribution is -0.115. The number of nitrogens with zero attached hydrogens (tertiary/aromatic N) is 2. The molecule has 3 amide bonds.